The van der Waals surface area contributed by atoms with Crippen LogP contribution in [0.15, 0.2) is 53.4 Å². The van der Waals surface area contributed by atoms with Crippen molar-refractivity contribution in [2.45, 2.75) is 23.2 Å². The molecule has 0 aromatic heterocycles. The van der Waals surface area contributed by atoms with Crippen molar-refractivity contribution in [3.63, 3.8) is 0 Å². The minimum absolute atomic E-state index is 0.528. The molecule has 3 heteroatoms. The van der Waals surface area contributed by atoms with E-state index in [-0.39, 0.29) is 0 Å². The van der Waals surface area contributed by atoms with E-state index < -0.39 is 0 Å². The van der Waals surface area contributed by atoms with Crippen LogP contribution in [-0.4, -0.2) is 11.9 Å². The summed E-state index contributed by atoms with van der Waals surface area (Å²) in [5, 5.41) is 1.31. The second kappa shape index (κ2) is 6.00. The molecule has 1 heterocycles. The third-order valence-corrected chi connectivity index (χ3v) is 4.89. The van der Waals surface area contributed by atoms with Crippen molar-refractivity contribution in [2.24, 2.45) is 0 Å². The van der Waals surface area contributed by atoms with Crippen LogP contribution in [0.2, 0.25) is 5.02 Å². The summed E-state index contributed by atoms with van der Waals surface area (Å²) in [5.74, 6) is 0. The number of hydrogen-bond acceptors (Lipinski definition) is 2. The van der Waals surface area contributed by atoms with Crippen LogP contribution in [0.1, 0.15) is 11.1 Å². The van der Waals surface area contributed by atoms with Gasteiger partial charge < -0.3 is 4.74 Å². The first-order valence-electron chi connectivity index (χ1n) is 6.38. The molecule has 1 aliphatic rings. The number of benzene rings is 2. The minimum Gasteiger partial charge on any atom is -0.376 e. The maximum absolute atomic E-state index is 6.11. The van der Waals surface area contributed by atoms with Crippen LogP contribution in [0.3, 0.4) is 0 Å². The zero-order valence-electron chi connectivity index (χ0n) is 10.5. The Labute approximate surface area is 122 Å². The Morgan fingerprint density at radius 3 is 2.74 bits per heavy atom. The summed E-state index contributed by atoms with van der Waals surface area (Å²) in [6.07, 6.45) is 1.10. The largest absolute Gasteiger partial charge is 0.376 e. The molecule has 98 valence electrons. The van der Waals surface area contributed by atoms with Crippen molar-refractivity contribution in [1.82, 2.24) is 0 Å². The van der Waals surface area contributed by atoms with Gasteiger partial charge in [-0.1, -0.05) is 48.0 Å². The molecule has 1 unspecified atom stereocenters. The van der Waals surface area contributed by atoms with E-state index >= 15 is 0 Å². The first-order valence-corrected chi connectivity index (χ1v) is 7.64. The van der Waals surface area contributed by atoms with Gasteiger partial charge in [0.15, 0.2) is 0 Å². The average Bonchev–Trinajstić information content (AvgIpc) is 2.83. The zero-order chi connectivity index (χ0) is 13.1. The molecule has 0 saturated carbocycles. The second-order valence-corrected chi connectivity index (χ2v) is 6.41. The van der Waals surface area contributed by atoms with Gasteiger partial charge in [-0.2, -0.15) is 0 Å². The van der Waals surface area contributed by atoms with E-state index in [9.17, 15) is 0 Å². The van der Waals surface area contributed by atoms with Crippen LogP contribution >= 0.6 is 23.4 Å². The van der Waals surface area contributed by atoms with E-state index in [4.69, 9.17) is 16.3 Å². The topological polar surface area (TPSA) is 9.23 Å². The number of ether oxygens (including phenoxy) is 1. The van der Waals surface area contributed by atoms with Gasteiger partial charge in [-0.3, -0.25) is 0 Å². The molecule has 2 aromatic rings. The van der Waals surface area contributed by atoms with Crippen molar-refractivity contribution >= 4 is 23.4 Å². The molecule has 1 aliphatic heterocycles. The maximum atomic E-state index is 6.11. The summed E-state index contributed by atoms with van der Waals surface area (Å²) in [4.78, 5) is 1.40. The molecule has 2 aromatic carbocycles. The Hall–Kier alpha value is -0.960. The maximum Gasteiger partial charge on any atom is 0.0731 e. The summed E-state index contributed by atoms with van der Waals surface area (Å²) in [5.41, 5.74) is 2.50. The lowest BCUT2D eigenvalue weighted by Gasteiger charge is -2.10. The number of rotatable bonds is 4. The molecule has 3 rings (SSSR count). The summed E-state index contributed by atoms with van der Waals surface area (Å²) < 4.78 is 5.81. The van der Waals surface area contributed by atoms with Gasteiger partial charge in [0.25, 0.3) is 0 Å². The van der Waals surface area contributed by atoms with E-state index in [1.165, 1.54) is 10.5 Å². The monoisotopic (exact) mass is 290 g/mol. The molecule has 0 bridgehead atoms. The van der Waals surface area contributed by atoms with E-state index in [0.29, 0.717) is 11.9 Å². The first kappa shape index (κ1) is 13.0. The fourth-order valence-electron chi connectivity index (χ4n) is 2.26. The van der Waals surface area contributed by atoms with Crippen molar-refractivity contribution in [3.8, 4) is 0 Å². The molecule has 0 aliphatic carbocycles. The Morgan fingerprint density at radius 2 is 1.89 bits per heavy atom. The zero-order valence-corrected chi connectivity index (χ0v) is 12.1. The van der Waals surface area contributed by atoms with Gasteiger partial charge in [-0.25, -0.2) is 0 Å². The Morgan fingerprint density at radius 1 is 1.11 bits per heavy atom. The van der Waals surface area contributed by atoms with Crippen LogP contribution in [-0.2, 0) is 17.8 Å². The predicted molar refractivity (Wildman–Crippen MR) is 80.9 cm³/mol. The van der Waals surface area contributed by atoms with Crippen molar-refractivity contribution in [2.75, 3.05) is 6.61 Å². The fraction of sp³-hybridized carbons (Fsp3) is 0.250. The highest BCUT2D eigenvalue weighted by molar-refractivity contribution is 8.00. The van der Waals surface area contributed by atoms with Crippen LogP contribution in [0.25, 0.3) is 0 Å². The molecular weight excluding hydrogens is 276 g/mol. The molecule has 19 heavy (non-hydrogen) atoms. The first-order chi connectivity index (χ1) is 9.33. The van der Waals surface area contributed by atoms with Gasteiger partial charge in [0.2, 0.25) is 0 Å². The van der Waals surface area contributed by atoms with E-state index in [2.05, 4.69) is 24.3 Å². The Bertz CT molecular complexity index is 545. The van der Waals surface area contributed by atoms with Crippen LogP contribution in [0.5, 0.6) is 0 Å². The summed E-state index contributed by atoms with van der Waals surface area (Å²) >= 11 is 8.02. The van der Waals surface area contributed by atoms with Crippen LogP contribution in [0, 0.1) is 0 Å². The lowest BCUT2D eigenvalue weighted by Crippen LogP contribution is -2.11. The highest BCUT2D eigenvalue weighted by Crippen LogP contribution is 2.36. The molecule has 0 radical (unpaired) electrons. The third-order valence-electron chi connectivity index (χ3n) is 3.23. The van der Waals surface area contributed by atoms with Gasteiger partial charge >= 0.3 is 0 Å². The predicted octanol–water partition coefficient (Wildman–Crippen LogP) is 4.57. The van der Waals surface area contributed by atoms with Gasteiger partial charge in [-0.05, 0) is 29.7 Å². The van der Waals surface area contributed by atoms with E-state index in [0.717, 1.165) is 23.6 Å². The van der Waals surface area contributed by atoms with Crippen molar-refractivity contribution < 1.29 is 4.74 Å². The Kier molecular flexibility index (Phi) is 4.12. The van der Waals surface area contributed by atoms with Gasteiger partial charge in [-0.15, -0.1) is 11.8 Å². The number of thioether (sulfide) groups is 1. The molecule has 1 atom stereocenters. The lowest BCUT2D eigenvalue weighted by molar-refractivity contribution is 0.122. The molecule has 0 saturated heterocycles. The Balaban J connectivity index is 1.51. The van der Waals surface area contributed by atoms with Gasteiger partial charge in [0.05, 0.1) is 13.2 Å². The summed E-state index contributed by atoms with van der Waals surface area (Å²) in [7, 11) is 0. The van der Waals surface area contributed by atoms with Crippen molar-refractivity contribution in [3.05, 3.63) is 64.7 Å². The molecular formula is C16H15ClOS. The van der Waals surface area contributed by atoms with Gasteiger partial charge in [0.1, 0.15) is 0 Å². The molecule has 0 spiro atoms. The normalized spacial score (nSPS) is 17.4. The summed E-state index contributed by atoms with van der Waals surface area (Å²) in [6.45, 7) is 1.36. The van der Waals surface area contributed by atoms with Crippen LogP contribution in [0.4, 0.5) is 0 Å². The van der Waals surface area contributed by atoms with E-state index in [1.807, 2.05) is 36.0 Å². The van der Waals surface area contributed by atoms with Crippen molar-refractivity contribution in [1.29, 1.82) is 0 Å². The third kappa shape index (κ3) is 3.14. The number of hydrogen-bond donors (Lipinski definition) is 0. The average molecular weight is 291 g/mol. The quantitative estimate of drug-likeness (QED) is 0.815. The lowest BCUT2D eigenvalue weighted by atomic mass is 10.1. The van der Waals surface area contributed by atoms with Gasteiger partial charge in [0, 0.05) is 15.2 Å². The molecule has 0 fully saturated rings. The molecule has 0 amide bonds. The highest BCUT2D eigenvalue weighted by atomic mass is 35.5. The second-order valence-electron chi connectivity index (χ2n) is 4.66. The SMILES string of the molecule is Clc1ccccc1COCC1Cc2ccccc2S1. The van der Waals surface area contributed by atoms with E-state index in [1.54, 1.807) is 0 Å². The minimum atomic E-state index is 0.528. The number of halogens is 1. The molecule has 1 nitrogen and oxygen atoms in total. The standard InChI is InChI=1S/C16H15ClOS/c17-15-7-3-1-6-13(15)10-18-11-14-9-12-5-2-4-8-16(12)19-14/h1-8,14H,9-11H2. The highest BCUT2D eigenvalue weighted by Gasteiger charge is 2.21. The summed E-state index contributed by atoms with van der Waals surface area (Å²) in [6, 6.07) is 16.4. The smallest absolute Gasteiger partial charge is 0.0731 e. The fourth-order valence-corrected chi connectivity index (χ4v) is 3.70. The number of fused-ring (bicyclic) bond motifs is 1. The molecule has 0 N–H and O–H groups in total. The van der Waals surface area contributed by atoms with Crippen LogP contribution < -0.4 is 0 Å².